The normalized spacial score (nSPS) is 13.0. The van der Waals surface area contributed by atoms with E-state index >= 15 is 0 Å². The molecular formula is C33H26F4N2O2. The summed E-state index contributed by atoms with van der Waals surface area (Å²) in [5, 5.41) is 0. The Morgan fingerprint density at radius 2 is 1.63 bits per heavy atom. The Balaban J connectivity index is 1.53. The Labute approximate surface area is 234 Å². The molecule has 0 spiro atoms. The lowest BCUT2D eigenvalue weighted by Crippen LogP contribution is -2.14. The zero-order valence-electron chi connectivity index (χ0n) is 22.2. The zero-order chi connectivity index (χ0) is 29.3. The average molecular weight is 559 g/mol. The molecule has 0 amide bonds. The van der Waals surface area contributed by atoms with Gasteiger partial charge in [-0.05, 0) is 96.1 Å². The highest BCUT2D eigenvalue weighted by atomic mass is 19.1. The number of halogens is 4. The van der Waals surface area contributed by atoms with Crippen molar-refractivity contribution in [3.63, 3.8) is 0 Å². The molecule has 208 valence electrons. The number of carbonyl (C=O) groups is 2. The van der Waals surface area contributed by atoms with Gasteiger partial charge in [-0.25, -0.2) is 22.5 Å². The van der Waals surface area contributed by atoms with E-state index in [0.29, 0.717) is 39.9 Å². The second kappa shape index (κ2) is 11.5. The van der Waals surface area contributed by atoms with Crippen LogP contribution in [-0.2, 0) is 17.6 Å². The first-order valence-electron chi connectivity index (χ1n) is 13.1. The third-order valence-electron chi connectivity index (χ3n) is 7.24. The second-order valence-electron chi connectivity index (χ2n) is 10.3. The number of anilines is 1. The van der Waals surface area contributed by atoms with Gasteiger partial charge >= 0.3 is 0 Å². The Bertz CT molecular complexity index is 1690. The molecule has 8 heteroatoms. The van der Waals surface area contributed by atoms with Crippen molar-refractivity contribution < 1.29 is 27.2 Å². The van der Waals surface area contributed by atoms with Crippen LogP contribution < -0.4 is 5.73 Å². The number of carbonyl (C=O) groups excluding carboxylic acids is 2. The summed E-state index contributed by atoms with van der Waals surface area (Å²) >= 11 is 0. The maximum atomic E-state index is 14.3. The van der Waals surface area contributed by atoms with Crippen LogP contribution in [0.4, 0.5) is 23.4 Å². The van der Waals surface area contributed by atoms with Gasteiger partial charge in [0.1, 0.15) is 34.9 Å². The van der Waals surface area contributed by atoms with Gasteiger partial charge in [0, 0.05) is 30.4 Å². The molecule has 1 heterocycles. The predicted molar refractivity (Wildman–Crippen MR) is 149 cm³/mol. The fourth-order valence-corrected chi connectivity index (χ4v) is 5.38. The quantitative estimate of drug-likeness (QED) is 0.172. The summed E-state index contributed by atoms with van der Waals surface area (Å²) in [5.41, 5.74) is 9.93. The number of allylic oxidation sites excluding steroid dienone is 2. The van der Waals surface area contributed by atoms with E-state index in [1.165, 1.54) is 49.4 Å². The number of hydrogen-bond acceptors (Lipinski definition) is 4. The van der Waals surface area contributed by atoms with Crippen LogP contribution in [0.25, 0.3) is 16.7 Å². The third-order valence-corrected chi connectivity index (χ3v) is 7.24. The topological polar surface area (TPSA) is 73.1 Å². The molecule has 3 aromatic carbocycles. The fourth-order valence-electron chi connectivity index (χ4n) is 5.38. The van der Waals surface area contributed by atoms with Gasteiger partial charge in [-0.15, -0.1) is 0 Å². The number of pyridine rings is 1. The van der Waals surface area contributed by atoms with Gasteiger partial charge in [-0.3, -0.25) is 9.59 Å². The van der Waals surface area contributed by atoms with Crippen LogP contribution in [0.15, 0.2) is 72.8 Å². The van der Waals surface area contributed by atoms with Crippen LogP contribution >= 0.6 is 0 Å². The minimum absolute atomic E-state index is 0.0349. The number of hydrogen-bond donors (Lipinski definition) is 1. The van der Waals surface area contributed by atoms with Crippen LogP contribution in [0.1, 0.15) is 58.4 Å². The van der Waals surface area contributed by atoms with Crippen molar-refractivity contribution in [2.45, 2.75) is 38.5 Å². The zero-order valence-corrected chi connectivity index (χ0v) is 22.2. The van der Waals surface area contributed by atoms with E-state index in [1.807, 2.05) is 6.08 Å². The van der Waals surface area contributed by atoms with Crippen LogP contribution in [0.2, 0.25) is 0 Å². The number of Topliss-reactive ketones (excluding diaryl/α,β-unsaturated/α-hetero) is 2. The Morgan fingerprint density at radius 1 is 0.878 bits per heavy atom. The molecule has 0 radical (unpaired) electrons. The van der Waals surface area contributed by atoms with Crippen molar-refractivity contribution in [2.75, 3.05) is 5.73 Å². The van der Waals surface area contributed by atoms with Crippen LogP contribution in [0.3, 0.4) is 0 Å². The minimum Gasteiger partial charge on any atom is -0.384 e. The summed E-state index contributed by atoms with van der Waals surface area (Å²) in [7, 11) is 0. The number of rotatable bonds is 9. The first-order valence-corrected chi connectivity index (χ1v) is 13.1. The molecule has 4 nitrogen and oxygen atoms in total. The van der Waals surface area contributed by atoms with E-state index < -0.39 is 35.0 Å². The second-order valence-corrected chi connectivity index (χ2v) is 10.3. The van der Waals surface area contributed by atoms with Gasteiger partial charge in [0.2, 0.25) is 0 Å². The van der Waals surface area contributed by atoms with E-state index in [2.05, 4.69) is 4.98 Å². The molecular weight excluding hydrogens is 532 g/mol. The SMILES string of the molecule is CC(=O)c1cc(-c2ccc(N)nc2[C@H](CC(=O)CC2=CCc3ccc(F)cc32)Cc2cc(F)cc(F)c2)ccc1F. The van der Waals surface area contributed by atoms with E-state index in [1.54, 1.807) is 18.2 Å². The molecule has 5 rings (SSSR count). The monoisotopic (exact) mass is 558 g/mol. The molecule has 1 atom stereocenters. The Kier molecular flexibility index (Phi) is 7.83. The number of aromatic nitrogens is 1. The minimum atomic E-state index is -0.759. The highest BCUT2D eigenvalue weighted by Crippen LogP contribution is 2.36. The van der Waals surface area contributed by atoms with Gasteiger partial charge in [-0.2, -0.15) is 0 Å². The molecule has 1 aliphatic rings. The molecule has 0 saturated carbocycles. The summed E-state index contributed by atoms with van der Waals surface area (Å²) in [6.07, 6.45) is 2.51. The number of nitrogens with two attached hydrogens (primary N) is 1. The highest BCUT2D eigenvalue weighted by Gasteiger charge is 2.25. The van der Waals surface area contributed by atoms with Crippen molar-refractivity contribution in [2.24, 2.45) is 0 Å². The lowest BCUT2D eigenvalue weighted by molar-refractivity contribution is -0.118. The van der Waals surface area contributed by atoms with Crippen molar-refractivity contribution >= 4 is 23.0 Å². The molecule has 0 saturated heterocycles. The lowest BCUT2D eigenvalue weighted by atomic mass is 9.85. The molecule has 41 heavy (non-hydrogen) atoms. The van der Waals surface area contributed by atoms with E-state index in [9.17, 15) is 27.2 Å². The summed E-state index contributed by atoms with van der Waals surface area (Å²) in [5.74, 6) is -3.75. The first kappa shape index (κ1) is 28.0. The molecule has 0 aliphatic heterocycles. The largest absolute Gasteiger partial charge is 0.384 e. The van der Waals surface area contributed by atoms with Gasteiger partial charge in [-0.1, -0.05) is 18.2 Å². The number of nitrogen functional groups attached to an aromatic ring is 1. The lowest BCUT2D eigenvalue weighted by Gasteiger charge is -2.21. The Morgan fingerprint density at radius 3 is 2.37 bits per heavy atom. The Hall–Kier alpha value is -4.59. The van der Waals surface area contributed by atoms with Crippen LogP contribution in [0.5, 0.6) is 0 Å². The molecule has 0 unspecified atom stereocenters. The van der Waals surface area contributed by atoms with Crippen molar-refractivity contribution in [3.8, 4) is 11.1 Å². The van der Waals surface area contributed by atoms with Crippen LogP contribution in [0, 0.1) is 23.3 Å². The summed E-state index contributed by atoms with van der Waals surface area (Å²) in [6.45, 7) is 1.26. The van der Waals surface area contributed by atoms with Gasteiger partial charge in [0.15, 0.2) is 5.78 Å². The van der Waals surface area contributed by atoms with E-state index in [0.717, 1.165) is 11.6 Å². The van der Waals surface area contributed by atoms with Crippen molar-refractivity contribution in [1.29, 1.82) is 0 Å². The standard InChI is InChI=1S/C33H26F4N2O2/c1-18(40)29-15-22(5-8-31(29)37)28-7-9-32(38)39-33(28)23(10-19-11-25(35)16-26(36)12-19)14-27(41)13-21-3-2-20-4-6-24(34)17-30(20)21/h3-9,11-12,15-17,23H,2,10,13-14H2,1H3,(H2,38,39)/t23-/m0/s1. The van der Waals surface area contributed by atoms with E-state index in [4.69, 9.17) is 5.73 Å². The van der Waals surface area contributed by atoms with Crippen molar-refractivity contribution in [1.82, 2.24) is 4.98 Å². The predicted octanol–water partition coefficient (Wildman–Crippen LogP) is 7.41. The van der Waals surface area contributed by atoms with E-state index in [-0.39, 0.29) is 36.4 Å². The molecule has 1 aliphatic carbocycles. The number of benzene rings is 3. The summed E-state index contributed by atoms with van der Waals surface area (Å²) in [4.78, 5) is 30.0. The first-order chi connectivity index (χ1) is 19.6. The molecule has 1 aromatic heterocycles. The summed E-state index contributed by atoms with van der Waals surface area (Å²) < 4.78 is 56.4. The smallest absolute Gasteiger partial charge is 0.162 e. The molecule has 2 N–H and O–H groups in total. The highest BCUT2D eigenvalue weighted by molar-refractivity contribution is 5.96. The maximum absolute atomic E-state index is 14.3. The van der Waals surface area contributed by atoms with Gasteiger partial charge < -0.3 is 5.73 Å². The number of nitrogens with zero attached hydrogens (tertiary/aromatic N) is 1. The number of ketones is 2. The van der Waals surface area contributed by atoms with Gasteiger partial charge in [0.25, 0.3) is 0 Å². The molecule has 4 aromatic rings. The fraction of sp³-hybridized carbons (Fsp3) is 0.182. The molecule has 0 fully saturated rings. The third kappa shape index (κ3) is 6.27. The average Bonchev–Trinajstić information content (AvgIpc) is 3.29. The summed E-state index contributed by atoms with van der Waals surface area (Å²) in [6, 6.07) is 14.9. The molecule has 0 bridgehead atoms. The number of fused-ring (bicyclic) bond motifs is 1. The van der Waals surface area contributed by atoms with Gasteiger partial charge in [0.05, 0.1) is 11.3 Å². The maximum Gasteiger partial charge on any atom is 0.162 e. The van der Waals surface area contributed by atoms with Crippen molar-refractivity contribution in [3.05, 3.63) is 124 Å². The van der Waals surface area contributed by atoms with Crippen LogP contribution in [-0.4, -0.2) is 16.6 Å².